The van der Waals surface area contributed by atoms with Crippen molar-refractivity contribution in [3.63, 3.8) is 0 Å². The summed E-state index contributed by atoms with van der Waals surface area (Å²) in [7, 11) is 0. The van der Waals surface area contributed by atoms with Gasteiger partial charge in [0.05, 0.1) is 0 Å². The van der Waals surface area contributed by atoms with E-state index in [9.17, 15) is 9.59 Å². The number of H-pyrrole nitrogens is 2. The first-order valence-corrected chi connectivity index (χ1v) is 7.05. The molecule has 1 aliphatic heterocycles. The molecule has 0 atom stereocenters. The van der Waals surface area contributed by atoms with Gasteiger partial charge in [0.1, 0.15) is 5.69 Å². The van der Waals surface area contributed by atoms with Crippen LogP contribution in [0.25, 0.3) is 0 Å². The topological polar surface area (TPSA) is 72.2 Å². The summed E-state index contributed by atoms with van der Waals surface area (Å²) in [5.41, 5.74) is 1.04. The molecule has 110 valence electrons. The molecule has 1 saturated heterocycles. The molecule has 0 unspecified atom stereocenters. The normalized spacial score (nSPS) is 16.1. The molecule has 6 heteroatoms. The molecule has 1 fully saturated rings. The number of aromatic amines is 2. The number of nitrogens with one attached hydrogen (secondary N) is 2. The molecule has 21 heavy (non-hydrogen) atoms. The van der Waals surface area contributed by atoms with Gasteiger partial charge < -0.3 is 9.88 Å². The Bertz CT molecular complexity index is 699. The first-order chi connectivity index (χ1) is 10.2. The monoisotopic (exact) mass is 286 g/mol. The van der Waals surface area contributed by atoms with Crippen LogP contribution in [0.2, 0.25) is 0 Å². The molecule has 0 bridgehead atoms. The van der Waals surface area contributed by atoms with Crippen molar-refractivity contribution in [3.8, 4) is 0 Å². The van der Waals surface area contributed by atoms with Crippen molar-refractivity contribution in [2.75, 3.05) is 31.1 Å². The number of hydrogen-bond acceptors (Lipinski definition) is 4. The number of nitrogens with zero attached hydrogens (tertiary/aromatic N) is 2. The van der Waals surface area contributed by atoms with Gasteiger partial charge in [-0.05, 0) is 5.56 Å². The van der Waals surface area contributed by atoms with Gasteiger partial charge in [-0.1, -0.05) is 30.3 Å². The van der Waals surface area contributed by atoms with Crippen LogP contribution in [-0.2, 0) is 6.54 Å². The lowest BCUT2D eigenvalue weighted by atomic mass is 10.2. The number of piperazine rings is 1. The maximum absolute atomic E-state index is 11.8. The molecule has 3 rings (SSSR count). The van der Waals surface area contributed by atoms with Gasteiger partial charge in [0.25, 0.3) is 5.56 Å². The maximum atomic E-state index is 11.8. The van der Waals surface area contributed by atoms with Crippen LogP contribution in [0.5, 0.6) is 0 Å². The first-order valence-electron chi connectivity index (χ1n) is 7.05. The molecule has 1 aromatic heterocycles. The summed E-state index contributed by atoms with van der Waals surface area (Å²) in [6.07, 6.45) is 1.49. The molecule has 1 aliphatic rings. The maximum Gasteiger partial charge on any atom is 0.325 e. The van der Waals surface area contributed by atoms with Crippen LogP contribution in [0, 0.1) is 0 Å². The summed E-state index contributed by atoms with van der Waals surface area (Å²) in [5, 5.41) is 0. The van der Waals surface area contributed by atoms with E-state index in [-0.39, 0.29) is 5.56 Å². The molecule has 0 saturated carbocycles. The van der Waals surface area contributed by atoms with Crippen molar-refractivity contribution < 1.29 is 0 Å². The Labute approximate surface area is 122 Å². The van der Waals surface area contributed by atoms with Crippen molar-refractivity contribution in [3.05, 3.63) is 62.9 Å². The second-order valence-electron chi connectivity index (χ2n) is 5.21. The number of anilines is 1. The lowest BCUT2D eigenvalue weighted by molar-refractivity contribution is 0.249. The van der Waals surface area contributed by atoms with E-state index in [1.165, 1.54) is 11.8 Å². The molecule has 2 N–H and O–H groups in total. The fourth-order valence-electron chi connectivity index (χ4n) is 2.63. The summed E-state index contributed by atoms with van der Waals surface area (Å²) in [4.78, 5) is 32.0. The summed E-state index contributed by atoms with van der Waals surface area (Å²) >= 11 is 0. The molecular formula is C15H18N4O2. The fraction of sp³-hybridized carbons (Fsp3) is 0.333. The zero-order valence-electron chi connectivity index (χ0n) is 11.7. The van der Waals surface area contributed by atoms with Gasteiger partial charge in [-0.15, -0.1) is 0 Å². The minimum atomic E-state index is -0.466. The van der Waals surface area contributed by atoms with E-state index in [4.69, 9.17) is 0 Å². The highest BCUT2D eigenvalue weighted by Crippen LogP contribution is 2.12. The minimum absolute atomic E-state index is 0.324. The third-order valence-corrected chi connectivity index (χ3v) is 3.76. The van der Waals surface area contributed by atoms with Gasteiger partial charge in [-0.2, -0.15) is 0 Å². The number of benzene rings is 1. The van der Waals surface area contributed by atoms with Crippen LogP contribution < -0.4 is 16.1 Å². The molecule has 1 aromatic carbocycles. The molecule has 0 aliphatic carbocycles. The zero-order chi connectivity index (χ0) is 14.7. The van der Waals surface area contributed by atoms with Crippen molar-refractivity contribution in [1.82, 2.24) is 14.9 Å². The van der Waals surface area contributed by atoms with Crippen molar-refractivity contribution in [1.29, 1.82) is 0 Å². The molecule has 2 heterocycles. The Morgan fingerprint density at radius 3 is 2.38 bits per heavy atom. The summed E-state index contributed by atoms with van der Waals surface area (Å²) in [5.74, 6) is 0. The Kier molecular flexibility index (Phi) is 3.87. The molecule has 0 spiro atoms. The van der Waals surface area contributed by atoms with E-state index in [1.54, 1.807) is 0 Å². The Morgan fingerprint density at radius 1 is 1.00 bits per heavy atom. The van der Waals surface area contributed by atoms with E-state index >= 15 is 0 Å². The van der Waals surface area contributed by atoms with E-state index in [0.717, 1.165) is 32.7 Å². The molecule has 2 aromatic rings. The largest absolute Gasteiger partial charge is 0.363 e. The molecular weight excluding hydrogens is 268 g/mol. The average molecular weight is 286 g/mol. The van der Waals surface area contributed by atoms with Crippen molar-refractivity contribution >= 4 is 5.69 Å². The van der Waals surface area contributed by atoms with Gasteiger partial charge >= 0.3 is 5.69 Å². The van der Waals surface area contributed by atoms with Crippen LogP contribution in [-0.4, -0.2) is 41.0 Å². The van der Waals surface area contributed by atoms with Crippen LogP contribution in [0.4, 0.5) is 5.69 Å². The van der Waals surface area contributed by atoms with E-state index in [0.29, 0.717) is 5.69 Å². The first kappa shape index (κ1) is 13.6. The SMILES string of the molecule is O=c1[nH]cc(N2CCN(Cc3ccccc3)CC2)c(=O)[nH]1. The Balaban J connectivity index is 1.62. The van der Waals surface area contributed by atoms with Crippen molar-refractivity contribution in [2.45, 2.75) is 6.54 Å². The zero-order valence-corrected chi connectivity index (χ0v) is 11.7. The fourth-order valence-corrected chi connectivity index (χ4v) is 2.63. The van der Waals surface area contributed by atoms with Gasteiger partial charge in [0.15, 0.2) is 0 Å². The second-order valence-corrected chi connectivity index (χ2v) is 5.21. The van der Waals surface area contributed by atoms with Gasteiger partial charge in [0, 0.05) is 38.9 Å². The van der Waals surface area contributed by atoms with E-state index in [1.807, 2.05) is 23.1 Å². The summed E-state index contributed by atoms with van der Waals surface area (Å²) in [6.45, 7) is 4.28. The van der Waals surface area contributed by atoms with Crippen LogP contribution in [0.1, 0.15) is 5.56 Å². The predicted molar refractivity (Wildman–Crippen MR) is 81.6 cm³/mol. The number of hydrogen-bond donors (Lipinski definition) is 2. The van der Waals surface area contributed by atoms with Crippen LogP contribution in [0.15, 0.2) is 46.1 Å². The number of rotatable bonds is 3. The lowest BCUT2D eigenvalue weighted by Crippen LogP contribution is -2.47. The Morgan fingerprint density at radius 2 is 1.71 bits per heavy atom. The third-order valence-electron chi connectivity index (χ3n) is 3.76. The smallest absolute Gasteiger partial charge is 0.325 e. The standard InChI is InChI=1S/C15H18N4O2/c20-14-13(10-16-15(21)17-14)19-8-6-18(7-9-19)11-12-4-2-1-3-5-12/h1-5,10H,6-9,11H2,(H2,16,17,20,21). The van der Waals surface area contributed by atoms with E-state index < -0.39 is 5.69 Å². The molecule has 6 nitrogen and oxygen atoms in total. The average Bonchev–Trinajstić information content (AvgIpc) is 2.49. The van der Waals surface area contributed by atoms with Gasteiger partial charge in [-0.25, -0.2) is 4.79 Å². The Hall–Kier alpha value is -2.34. The highest BCUT2D eigenvalue weighted by atomic mass is 16.2. The van der Waals surface area contributed by atoms with Gasteiger partial charge in [0.2, 0.25) is 0 Å². The van der Waals surface area contributed by atoms with Gasteiger partial charge in [-0.3, -0.25) is 14.7 Å². The second kappa shape index (κ2) is 5.97. The highest BCUT2D eigenvalue weighted by molar-refractivity contribution is 5.42. The minimum Gasteiger partial charge on any atom is -0.363 e. The van der Waals surface area contributed by atoms with E-state index in [2.05, 4.69) is 27.0 Å². The summed E-state index contributed by atoms with van der Waals surface area (Å²) < 4.78 is 0. The van der Waals surface area contributed by atoms with Crippen molar-refractivity contribution in [2.24, 2.45) is 0 Å². The third kappa shape index (κ3) is 3.22. The molecule has 0 amide bonds. The van der Waals surface area contributed by atoms with Crippen LogP contribution >= 0.6 is 0 Å². The van der Waals surface area contributed by atoms with Crippen LogP contribution in [0.3, 0.4) is 0 Å². The number of aromatic nitrogens is 2. The highest BCUT2D eigenvalue weighted by Gasteiger charge is 2.19. The molecule has 0 radical (unpaired) electrons. The predicted octanol–water partition coefficient (Wildman–Crippen LogP) is 0.385. The quantitative estimate of drug-likeness (QED) is 0.856. The lowest BCUT2D eigenvalue weighted by Gasteiger charge is -2.35. The summed E-state index contributed by atoms with van der Waals surface area (Å²) in [6, 6.07) is 10.4.